The number of carbonyl (C=O) groups is 1. The van der Waals surface area contributed by atoms with Gasteiger partial charge in [-0.2, -0.15) is 0 Å². The van der Waals surface area contributed by atoms with Crippen molar-refractivity contribution in [2.45, 2.75) is 51.3 Å². The summed E-state index contributed by atoms with van der Waals surface area (Å²) in [4.78, 5) is 14.8. The lowest BCUT2D eigenvalue weighted by molar-refractivity contribution is -0.128. The Kier molecular flexibility index (Phi) is 7.47. The summed E-state index contributed by atoms with van der Waals surface area (Å²) in [7, 11) is 0. The molecule has 1 aliphatic rings. The van der Waals surface area contributed by atoms with E-state index in [9.17, 15) is 4.79 Å². The van der Waals surface area contributed by atoms with Crippen LogP contribution in [0, 0.1) is 13.8 Å². The van der Waals surface area contributed by atoms with Gasteiger partial charge in [-0.05, 0) is 49.9 Å². The number of para-hydroxylation sites is 2. The van der Waals surface area contributed by atoms with E-state index in [1.54, 1.807) is 0 Å². The molecule has 2 aromatic carbocycles. The van der Waals surface area contributed by atoms with E-state index >= 15 is 0 Å². The maximum Gasteiger partial charge on any atom is 0.233 e. The van der Waals surface area contributed by atoms with Crippen LogP contribution in [-0.4, -0.2) is 44.4 Å². The second-order valence-electron chi connectivity index (χ2n) is 8.16. The molecule has 0 N–H and O–H groups in total. The van der Waals surface area contributed by atoms with Crippen molar-refractivity contribution in [3.63, 3.8) is 0 Å². The molecule has 168 valence electrons. The zero-order valence-corrected chi connectivity index (χ0v) is 19.6. The fourth-order valence-corrected chi connectivity index (χ4v) is 4.90. The first-order valence-electron chi connectivity index (χ1n) is 11.2. The molecule has 1 aromatic heterocycles. The van der Waals surface area contributed by atoms with Gasteiger partial charge in [0, 0.05) is 18.8 Å². The molecule has 3 aromatic rings. The molecule has 2 heterocycles. The van der Waals surface area contributed by atoms with Crippen molar-refractivity contribution in [1.82, 2.24) is 19.7 Å². The van der Waals surface area contributed by atoms with Gasteiger partial charge in [0.1, 0.15) is 12.4 Å². The number of thioether (sulfide) groups is 1. The van der Waals surface area contributed by atoms with Crippen molar-refractivity contribution in [1.29, 1.82) is 0 Å². The predicted octanol–water partition coefficient (Wildman–Crippen LogP) is 4.96. The molecule has 4 rings (SSSR count). The third-order valence-corrected chi connectivity index (χ3v) is 6.67. The molecule has 1 fully saturated rings. The summed E-state index contributed by atoms with van der Waals surface area (Å²) in [5.74, 6) is 2.12. The summed E-state index contributed by atoms with van der Waals surface area (Å²) in [6.45, 7) is 6.10. The maximum absolute atomic E-state index is 12.8. The molecule has 0 spiro atoms. The van der Waals surface area contributed by atoms with Gasteiger partial charge in [-0.1, -0.05) is 61.0 Å². The summed E-state index contributed by atoms with van der Waals surface area (Å²) in [6.07, 6.45) is 4.61. The molecule has 0 saturated carbocycles. The van der Waals surface area contributed by atoms with Crippen LogP contribution in [0.1, 0.15) is 42.6 Å². The Labute approximate surface area is 194 Å². The summed E-state index contributed by atoms with van der Waals surface area (Å²) in [5.41, 5.74) is 3.14. The van der Waals surface area contributed by atoms with Crippen LogP contribution in [0.4, 0.5) is 0 Å². The quantitative estimate of drug-likeness (QED) is 0.476. The van der Waals surface area contributed by atoms with Crippen LogP contribution in [0.25, 0.3) is 5.69 Å². The van der Waals surface area contributed by atoms with E-state index in [0.29, 0.717) is 23.3 Å². The molecule has 0 radical (unpaired) electrons. The highest BCUT2D eigenvalue weighted by Crippen LogP contribution is 2.26. The van der Waals surface area contributed by atoms with Crippen LogP contribution >= 0.6 is 11.8 Å². The molecule has 32 heavy (non-hydrogen) atoms. The number of hydrogen-bond acceptors (Lipinski definition) is 5. The summed E-state index contributed by atoms with van der Waals surface area (Å²) in [6, 6.07) is 16.1. The van der Waals surface area contributed by atoms with Crippen LogP contribution in [0.3, 0.4) is 0 Å². The highest BCUT2D eigenvalue weighted by Gasteiger charge is 2.20. The third-order valence-electron chi connectivity index (χ3n) is 5.75. The van der Waals surface area contributed by atoms with Crippen molar-refractivity contribution in [2.24, 2.45) is 0 Å². The number of hydrogen-bond donors (Lipinski definition) is 0. The van der Waals surface area contributed by atoms with Crippen LogP contribution in [-0.2, 0) is 11.4 Å². The SMILES string of the molecule is Cc1cccc(C)c1OCc1nnc(SCC(=O)N2CCCCCC2)n1-c1ccccc1. The summed E-state index contributed by atoms with van der Waals surface area (Å²) < 4.78 is 8.15. The number of ether oxygens (including phenoxy) is 1. The number of nitrogens with zero attached hydrogens (tertiary/aromatic N) is 4. The minimum Gasteiger partial charge on any atom is -0.485 e. The van der Waals surface area contributed by atoms with Gasteiger partial charge in [-0.15, -0.1) is 10.2 Å². The number of likely N-dealkylation sites (tertiary alicyclic amines) is 1. The Balaban J connectivity index is 1.52. The Morgan fingerprint density at radius 2 is 1.62 bits per heavy atom. The van der Waals surface area contributed by atoms with Gasteiger partial charge < -0.3 is 9.64 Å². The van der Waals surface area contributed by atoms with Crippen LogP contribution in [0.2, 0.25) is 0 Å². The molecule has 0 bridgehead atoms. The van der Waals surface area contributed by atoms with Crippen molar-refractivity contribution < 1.29 is 9.53 Å². The lowest BCUT2D eigenvalue weighted by Gasteiger charge is -2.20. The first-order valence-corrected chi connectivity index (χ1v) is 12.2. The van der Waals surface area contributed by atoms with Gasteiger partial charge in [0.2, 0.25) is 5.91 Å². The minimum atomic E-state index is 0.174. The minimum absolute atomic E-state index is 0.174. The molecule has 1 aliphatic heterocycles. The van der Waals surface area contributed by atoms with Gasteiger partial charge >= 0.3 is 0 Å². The maximum atomic E-state index is 12.8. The van der Waals surface area contributed by atoms with Crippen LogP contribution in [0.5, 0.6) is 5.75 Å². The van der Waals surface area contributed by atoms with Crippen molar-refractivity contribution >= 4 is 17.7 Å². The number of carbonyl (C=O) groups excluding carboxylic acids is 1. The molecule has 0 atom stereocenters. The van der Waals surface area contributed by atoms with E-state index in [1.807, 2.05) is 71.8 Å². The Morgan fingerprint density at radius 1 is 0.938 bits per heavy atom. The molecular weight excluding hydrogens is 420 g/mol. The molecular formula is C25H30N4O2S. The van der Waals surface area contributed by atoms with Gasteiger partial charge in [0.05, 0.1) is 5.75 Å². The number of amides is 1. The second-order valence-corrected chi connectivity index (χ2v) is 9.11. The van der Waals surface area contributed by atoms with Crippen molar-refractivity contribution in [3.8, 4) is 11.4 Å². The van der Waals surface area contributed by atoms with E-state index in [2.05, 4.69) is 10.2 Å². The van der Waals surface area contributed by atoms with E-state index in [0.717, 1.165) is 48.5 Å². The van der Waals surface area contributed by atoms with Gasteiger partial charge in [-0.3, -0.25) is 9.36 Å². The van der Waals surface area contributed by atoms with E-state index in [-0.39, 0.29) is 5.91 Å². The van der Waals surface area contributed by atoms with Crippen molar-refractivity contribution in [3.05, 3.63) is 65.5 Å². The molecule has 1 amide bonds. The molecule has 0 unspecified atom stereocenters. The van der Waals surface area contributed by atoms with Crippen LogP contribution < -0.4 is 4.74 Å². The number of benzene rings is 2. The normalized spacial score (nSPS) is 14.2. The van der Waals surface area contributed by atoms with Crippen molar-refractivity contribution in [2.75, 3.05) is 18.8 Å². The lowest BCUT2D eigenvalue weighted by atomic mass is 10.1. The molecule has 0 aliphatic carbocycles. The van der Waals surface area contributed by atoms with E-state index in [1.165, 1.54) is 24.6 Å². The molecule has 6 nitrogen and oxygen atoms in total. The monoisotopic (exact) mass is 450 g/mol. The standard InChI is InChI=1S/C25H30N4O2S/c1-19-11-10-12-20(2)24(19)31-17-22-26-27-25(29(22)21-13-6-5-7-14-21)32-18-23(30)28-15-8-3-4-9-16-28/h5-7,10-14H,3-4,8-9,15-18H2,1-2H3. The third kappa shape index (κ3) is 5.33. The first kappa shape index (κ1) is 22.4. The number of aromatic nitrogens is 3. The Bertz CT molecular complexity index is 1020. The Morgan fingerprint density at radius 3 is 2.31 bits per heavy atom. The van der Waals surface area contributed by atoms with E-state index < -0.39 is 0 Å². The van der Waals surface area contributed by atoms with E-state index in [4.69, 9.17) is 4.74 Å². The average molecular weight is 451 g/mol. The number of rotatable bonds is 7. The Hall–Kier alpha value is -2.80. The highest BCUT2D eigenvalue weighted by atomic mass is 32.2. The average Bonchev–Trinajstić information content (AvgIpc) is 3.01. The molecule has 1 saturated heterocycles. The highest BCUT2D eigenvalue weighted by molar-refractivity contribution is 7.99. The van der Waals surface area contributed by atoms with Gasteiger partial charge in [0.15, 0.2) is 11.0 Å². The smallest absolute Gasteiger partial charge is 0.233 e. The number of aryl methyl sites for hydroxylation is 2. The summed E-state index contributed by atoms with van der Waals surface area (Å²) in [5, 5.41) is 9.53. The lowest BCUT2D eigenvalue weighted by Crippen LogP contribution is -2.33. The predicted molar refractivity (Wildman–Crippen MR) is 127 cm³/mol. The fourth-order valence-electron chi connectivity index (χ4n) is 4.02. The van der Waals surface area contributed by atoms with Crippen LogP contribution in [0.15, 0.2) is 53.7 Å². The largest absolute Gasteiger partial charge is 0.485 e. The second kappa shape index (κ2) is 10.7. The summed E-state index contributed by atoms with van der Waals surface area (Å²) >= 11 is 1.44. The van der Waals surface area contributed by atoms with Gasteiger partial charge in [-0.25, -0.2) is 0 Å². The fraction of sp³-hybridized carbons (Fsp3) is 0.400. The first-order chi connectivity index (χ1) is 15.6. The topological polar surface area (TPSA) is 60.3 Å². The molecule has 7 heteroatoms. The zero-order chi connectivity index (χ0) is 22.3. The van der Waals surface area contributed by atoms with Gasteiger partial charge in [0.25, 0.3) is 0 Å². The zero-order valence-electron chi connectivity index (χ0n) is 18.8.